The average Bonchev–Trinajstić information content (AvgIpc) is 2.69. The van der Waals surface area contributed by atoms with Crippen molar-refractivity contribution in [1.29, 1.82) is 0 Å². The number of benzene rings is 1. The number of carbonyl (C=O) groups excluding carboxylic acids is 1. The van der Waals surface area contributed by atoms with E-state index in [1.165, 1.54) is 18.2 Å². The lowest BCUT2D eigenvalue weighted by Gasteiger charge is -2.18. The number of nitrogens with two attached hydrogens (primary N) is 3. The number of hydrogen-bond donors (Lipinski definition) is 5. The molecule has 1 aromatic heterocycles. The van der Waals surface area contributed by atoms with Gasteiger partial charge in [-0.1, -0.05) is 19.1 Å². The highest BCUT2D eigenvalue weighted by atomic mass is 32.2. The van der Waals surface area contributed by atoms with Crippen LogP contribution in [0, 0.1) is 6.92 Å². The number of carbonyl (C=O) groups is 1. The van der Waals surface area contributed by atoms with Crippen LogP contribution in [0.4, 0.5) is 5.69 Å². The highest BCUT2D eigenvalue weighted by Gasteiger charge is 2.26. The van der Waals surface area contributed by atoms with Gasteiger partial charge in [0.25, 0.3) is 15.6 Å². The number of amides is 1. The molecule has 1 unspecified atom stereocenters. The number of H-pyrrole nitrogens is 1. The fourth-order valence-corrected chi connectivity index (χ4v) is 4.03. The van der Waals surface area contributed by atoms with E-state index < -0.39 is 27.4 Å². The molecule has 31 heavy (non-hydrogen) atoms. The van der Waals surface area contributed by atoms with Crippen LogP contribution < -0.4 is 27.5 Å². The van der Waals surface area contributed by atoms with Gasteiger partial charge in [0.05, 0.1) is 10.8 Å². The fraction of sp³-hybridized carbons (Fsp3) is 0.316. The van der Waals surface area contributed by atoms with Crippen LogP contribution in [0.25, 0.3) is 0 Å². The minimum atomic E-state index is -4.10. The number of aryl methyl sites for hydroxylation is 2. The predicted molar refractivity (Wildman–Crippen MR) is 117 cm³/mol. The van der Waals surface area contributed by atoms with Gasteiger partial charge in [-0.15, -0.1) is 0 Å². The zero-order valence-corrected chi connectivity index (χ0v) is 18.0. The van der Waals surface area contributed by atoms with E-state index in [4.69, 9.17) is 22.0 Å². The highest BCUT2D eigenvalue weighted by Crippen LogP contribution is 2.27. The molecule has 1 aromatic carbocycles. The standard InChI is InChI=1S/C19H26N6O5S/c1-3-12-4-6-13(7-5-12)31(28,29)25-16-15(10-11(2)23-18(16)27)14(17(20)26)8-9-30-24-19(21)22/h4-7,10,14,25H,3,8-9H2,1-2H3,(H2,20,26)(H,23,27)(H4,21,22,24). The van der Waals surface area contributed by atoms with E-state index in [1.54, 1.807) is 19.1 Å². The van der Waals surface area contributed by atoms with Crippen molar-refractivity contribution in [3.05, 3.63) is 57.5 Å². The molecular formula is C19H26N6O5S. The van der Waals surface area contributed by atoms with Gasteiger partial charge in [0.15, 0.2) is 0 Å². The Hall–Kier alpha value is -3.54. The van der Waals surface area contributed by atoms with Crippen LogP contribution in [0.15, 0.2) is 45.2 Å². The molecular weight excluding hydrogens is 424 g/mol. The second-order valence-electron chi connectivity index (χ2n) is 6.81. The summed E-state index contributed by atoms with van der Waals surface area (Å²) >= 11 is 0. The first-order chi connectivity index (χ1) is 14.5. The van der Waals surface area contributed by atoms with Crippen LogP contribution in [0.5, 0.6) is 0 Å². The number of primary amides is 1. The molecule has 12 heteroatoms. The van der Waals surface area contributed by atoms with E-state index >= 15 is 0 Å². The molecule has 1 atom stereocenters. The molecule has 0 bridgehead atoms. The number of rotatable bonds is 10. The number of aromatic nitrogens is 1. The molecule has 0 saturated heterocycles. The van der Waals surface area contributed by atoms with Crippen molar-refractivity contribution in [1.82, 2.24) is 4.98 Å². The van der Waals surface area contributed by atoms with E-state index in [1.807, 2.05) is 6.92 Å². The first-order valence-corrected chi connectivity index (χ1v) is 10.9. The molecule has 8 N–H and O–H groups in total. The van der Waals surface area contributed by atoms with Gasteiger partial charge in [-0.05, 0) is 54.2 Å². The minimum Gasteiger partial charge on any atom is -0.393 e. The van der Waals surface area contributed by atoms with Crippen LogP contribution in [-0.2, 0) is 26.1 Å². The number of anilines is 1. The zero-order chi connectivity index (χ0) is 23.2. The van der Waals surface area contributed by atoms with Gasteiger partial charge >= 0.3 is 0 Å². The molecule has 1 amide bonds. The Morgan fingerprint density at radius 1 is 1.23 bits per heavy atom. The summed E-state index contributed by atoms with van der Waals surface area (Å²) in [4.78, 5) is 32.1. The summed E-state index contributed by atoms with van der Waals surface area (Å²) < 4.78 is 28.0. The lowest BCUT2D eigenvalue weighted by molar-refractivity contribution is -0.119. The molecule has 0 saturated carbocycles. The summed E-state index contributed by atoms with van der Waals surface area (Å²) in [6, 6.07) is 7.73. The summed E-state index contributed by atoms with van der Waals surface area (Å²) in [5, 5.41) is 3.36. The second kappa shape index (κ2) is 9.98. The number of sulfonamides is 1. The number of hydrogen-bond acceptors (Lipinski definition) is 6. The number of nitrogens with zero attached hydrogens (tertiary/aromatic N) is 1. The second-order valence-corrected chi connectivity index (χ2v) is 8.49. The van der Waals surface area contributed by atoms with E-state index in [0.717, 1.165) is 12.0 Å². The molecule has 2 aromatic rings. The average molecular weight is 451 g/mol. The van der Waals surface area contributed by atoms with Gasteiger partial charge in [-0.3, -0.25) is 14.3 Å². The van der Waals surface area contributed by atoms with E-state index in [2.05, 4.69) is 14.9 Å². The minimum absolute atomic E-state index is 0.00886. The lowest BCUT2D eigenvalue weighted by atomic mass is 9.94. The lowest BCUT2D eigenvalue weighted by Crippen LogP contribution is -2.29. The summed E-state index contributed by atoms with van der Waals surface area (Å²) in [5.41, 5.74) is 16.4. The fourth-order valence-electron chi connectivity index (χ4n) is 2.93. The van der Waals surface area contributed by atoms with Gasteiger partial charge in [0.2, 0.25) is 11.9 Å². The Kier molecular flexibility index (Phi) is 7.64. The maximum atomic E-state index is 12.9. The molecule has 1 heterocycles. The molecule has 0 aliphatic rings. The Morgan fingerprint density at radius 2 is 1.87 bits per heavy atom. The molecule has 11 nitrogen and oxygen atoms in total. The van der Waals surface area contributed by atoms with Gasteiger partial charge < -0.3 is 27.0 Å². The van der Waals surface area contributed by atoms with Crippen molar-refractivity contribution in [3.63, 3.8) is 0 Å². The summed E-state index contributed by atoms with van der Waals surface area (Å²) in [5.74, 6) is -2.11. The van der Waals surface area contributed by atoms with Crippen molar-refractivity contribution in [2.24, 2.45) is 22.4 Å². The number of pyridine rings is 1. The first-order valence-electron chi connectivity index (χ1n) is 9.41. The van der Waals surface area contributed by atoms with Crippen LogP contribution >= 0.6 is 0 Å². The molecule has 0 aliphatic heterocycles. The number of nitrogens with one attached hydrogen (secondary N) is 2. The topological polar surface area (TPSA) is 196 Å². The third-order valence-electron chi connectivity index (χ3n) is 4.46. The van der Waals surface area contributed by atoms with Gasteiger partial charge in [0, 0.05) is 5.69 Å². The van der Waals surface area contributed by atoms with Crippen LogP contribution in [0.3, 0.4) is 0 Å². The smallest absolute Gasteiger partial charge is 0.272 e. The molecule has 2 rings (SSSR count). The van der Waals surface area contributed by atoms with Crippen molar-refractivity contribution in [2.75, 3.05) is 11.3 Å². The van der Waals surface area contributed by atoms with Crippen LogP contribution in [0.1, 0.15) is 36.1 Å². The van der Waals surface area contributed by atoms with Crippen molar-refractivity contribution in [2.45, 2.75) is 37.5 Å². The molecule has 168 valence electrons. The zero-order valence-electron chi connectivity index (χ0n) is 17.2. The van der Waals surface area contributed by atoms with Crippen LogP contribution in [0.2, 0.25) is 0 Å². The van der Waals surface area contributed by atoms with Gasteiger partial charge in [-0.2, -0.15) is 0 Å². The Bertz CT molecular complexity index is 1120. The number of oxime groups is 1. The van der Waals surface area contributed by atoms with E-state index in [0.29, 0.717) is 5.69 Å². The number of guanidine groups is 1. The summed E-state index contributed by atoms with van der Waals surface area (Å²) in [7, 11) is -4.10. The Morgan fingerprint density at radius 3 is 2.42 bits per heavy atom. The van der Waals surface area contributed by atoms with Crippen molar-refractivity contribution >= 4 is 27.6 Å². The molecule has 0 fully saturated rings. The summed E-state index contributed by atoms with van der Waals surface area (Å²) in [6.45, 7) is 3.45. The third-order valence-corrected chi connectivity index (χ3v) is 5.83. The number of aromatic amines is 1. The van der Waals surface area contributed by atoms with Gasteiger partial charge in [0.1, 0.15) is 12.3 Å². The van der Waals surface area contributed by atoms with Gasteiger partial charge in [-0.25, -0.2) is 8.42 Å². The van der Waals surface area contributed by atoms with Crippen LogP contribution in [-0.4, -0.2) is 31.9 Å². The Labute approximate surface area is 179 Å². The SMILES string of the molecule is CCc1ccc(S(=O)(=O)Nc2c(C(CCON=C(N)N)C(N)=O)cc(C)[nH]c2=O)cc1. The molecule has 0 aliphatic carbocycles. The molecule has 0 spiro atoms. The Balaban J connectivity index is 2.44. The maximum absolute atomic E-state index is 12.9. The maximum Gasteiger partial charge on any atom is 0.272 e. The van der Waals surface area contributed by atoms with Crippen molar-refractivity contribution in [3.8, 4) is 0 Å². The first kappa shape index (κ1) is 23.7. The third kappa shape index (κ3) is 6.22. The normalized spacial score (nSPS) is 12.1. The molecule has 0 radical (unpaired) electrons. The van der Waals surface area contributed by atoms with E-state index in [-0.39, 0.29) is 35.1 Å². The predicted octanol–water partition coefficient (Wildman–Crippen LogP) is 0.211. The highest BCUT2D eigenvalue weighted by molar-refractivity contribution is 7.92. The quantitative estimate of drug-likeness (QED) is 0.147. The van der Waals surface area contributed by atoms with E-state index in [9.17, 15) is 18.0 Å². The van der Waals surface area contributed by atoms with Crippen molar-refractivity contribution < 1.29 is 18.0 Å². The summed E-state index contributed by atoms with van der Waals surface area (Å²) in [6.07, 6.45) is 0.757. The largest absolute Gasteiger partial charge is 0.393 e. The monoisotopic (exact) mass is 450 g/mol.